The molecule has 3 nitrogen and oxygen atoms in total. The van der Waals surface area contributed by atoms with Crippen molar-refractivity contribution in [3.8, 4) is 0 Å². The topological polar surface area (TPSA) is 55.1 Å². The summed E-state index contributed by atoms with van der Waals surface area (Å²) in [5, 5.41) is 2.68. The van der Waals surface area contributed by atoms with Crippen LogP contribution in [-0.2, 0) is 0 Å². The van der Waals surface area contributed by atoms with E-state index in [1.54, 1.807) is 6.07 Å². The summed E-state index contributed by atoms with van der Waals surface area (Å²) in [6.45, 7) is 0. The SMILES string of the molecule is Nc1cc(C(=O)Nc2ccc(Br)c(Cl)c2Cl)c(F)cc1F. The average Bonchev–Trinajstić information content (AvgIpc) is 2.43. The third-order valence-electron chi connectivity index (χ3n) is 2.61. The van der Waals surface area contributed by atoms with Gasteiger partial charge in [-0.05, 0) is 34.1 Å². The Labute approximate surface area is 137 Å². The lowest BCUT2D eigenvalue weighted by molar-refractivity contribution is 0.102. The van der Waals surface area contributed by atoms with E-state index in [1.807, 2.05) is 0 Å². The lowest BCUT2D eigenvalue weighted by Crippen LogP contribution is -2.15. The van der Waals surface area contributed by atoms with Gasteiger partial charge in [-0.15, -0.1) is 0 Å². The maximum atomic E-state index is 13.6. The van der Waals surface area contributed by atoms with Crippen molar-refractivity contribution in [3.05, 3.63) is 56.0 Å². The molecule has 0 fully saturated rings. The van der Waals surface area contributed by atoms with E-state index in [2.05, 4.69) is 21.2 Å². The molecule has 2 aromatic rings. The van der Waals surface area contributed by atoms with E-state index in [9.17, 15) is 13.6 Å². The van der Waals surface area contributed by atoms with Crippen molar-refractivity contribution < 1.29 is 13.6 Å². The third-order valence-corrected chi connectivity index (χ3v) is 4.39. The quantitative estimate of drug-likeness (QED) is 0.563. The Balaban J connectivity index is 2.35. The number of nitrogens with two attached hydrogens (primary N) is 1. The van der Waals surface area contributed by atoms with Gasteiger partial charge < -0.3 is 11.1 Å². The normalized spacial score (nSPS) is 10.5. The Kier molecular flexibility index (Phi) is 4.70. The smallest absolute Gasteiger partial charge is 0.258 e. The zero-order chi connectivity index (χ0) is 15.7. The molecule has 0 aromatic heterocycles. The molecule has 1 amide bonds. The number of rotatable bonds is 2. The van der Waals surface area contributed by atoms with Crippen LogP contribution in [0.25, 0.3) is 0 Å². The van der Waals surface area contributed by atoms with Crippen molar-refractivity contribution in [1.82, 2.24) is 0 Å². The van der Waals surface area contributed by atoms with E-state index in [0.29, 0.717) is 10.5 Å². The summed E-state index contributed by atoms with van der Waals surface area (Å²) in [5.74, 6) is -2.79. The molecule has 0 aliphatic rings. The maximum Gasteiger partial charge on any atom is 0.258 e. The van der Waals surface area contributed by atoms with Crippen molar-refractivity contribution in [2.45, 2.75) is 0 Å². The van der Waals surface area contributed by atoms with Crippen LogP contribution < -0.4 is 11.1 Å². The third kappa shape index (κ3) is 3.28. The van der Waals surface area contributed by atoms with E-state index < -0.39 is 23.1 Å². The van der Waals surface area contributed by atoms with Gasteiger partial charge in [-0.2, -0.15) is 0 Å². The summed E-state index contributed by atoms with van der Waals surface area (Å²) in [6, 6.07) is 4.51. The Morgan fingerprint density at radius 3 is 2.48 bits per heavy atom. The number of carbonyl (C=O) groups excluding carboxylic acids is 1. The van der Waals surface area contributed by atoms with Crippen molar-refractivity contribution in [2.24, 2.45) is 0 Å². The number of halogens is 5. The van der Waals surface area contributed by atoms with Gasteiger partial charge in [0, 0.05) is 10.5 Å². The average molecular weight is 396 g/mol. The molecule has 0 bridgehead atoms. The zero-order valence-electron chi connectivity index (χ0n) is 10.2. The van der Waals surface area contributed by atoms with Crippen molar-refractivity contribution >= 4 is 56.4 Å². The van der Waals surface area contributed by atoms with E-state index in [1.165, 1.54) is 6.07 Å². The second-order valence-corrected chi connectivity index (χ2v) is 5.64. The van der Waals surface area contributed by atoms with Crippen molar-refractivity contribution in [1.29, 1.82) is 0 Å². The minimum Gasteiger partial charge on any atom is -0.396 e. The van der Waals surface area contributed by atoms with Crippen LogP contribution >= 0.6 is 39.1 Å². The highest BCUT2D eigenvalue weighted by molar-refractivity contribution is 9.10. The molecule has 0 aliphatic carbocycles. The highest BCUT2D eigenvalue weighted by atomic mass is 79.9. The number of carbonyl (C=O) groups is 1. The van der Waals surface area contributed by atoms with Gasteiger partial charge in [0.2, 0.25) is 0 Å². The molecule has 0 unspecified atom stereocenters. The first-order valence-electron chi connectivity index (χ1n) is 5.50. The standard InChI is InChI=1S/C13H7BrCl2F2N2O/c14-6-1-2-10(12(16)11(6)15)20-13(21)5-3-9(19)8(18)4-7(5)17/h1-4H,19H2,(H,20,21). The lowest BCUT2D eigenvalue weighted by atomic mass is 10.1. The molecular weight excluding hydrogens is 389 g/mol. The molecular formula is C13H7BrCl2F2N2O. The van der Waals surface area contributed by atoms with Gasteiger partial charge in [-0.25, -0.2) is 8.78 Å². The Bertz CT molecular complexity index is 741. The monoisotopic (exact) mass is 394 g/mol. The molecule has 0 saturated carbocycles. The number of benzene rings is 2. The summed E-state index contributed by atoms with van der Waals surface area (Å²) >= 11 is 15.1. The Morgan fingerprint density at radius 1 is 1.14 bits per heavy atom. The van der Waals surface area contributed by atoms with Crippen LogP contribution in [0.5, 0.6) is 0 Å². The number of hydrogen-bond acceptors (Lipinski definition) is 2. The molecule has 2 rings (SSSR count). The molecule has 3 N–H and O–H groups in total. The van der Waals surface area contributed by atoms with Crippen LogP contribution in [0, 0.1) is 11.6 Å². The van der Waals surface area contributed by atoms with Gasteiger partial charge in [0.1, 0.15) is 11.6 Å². The van der Waals surface area contributed by atoms with Crippen LogP contribution in [0.3, 0.4) is 0 Å². The van der Waals surface area contributed by atoms with Crippen LogP contribution in [0.15, 0.2) is 28.7 Å². The van der Waals surface area contributed by atoms with Crippen molar-refractivity contribution in [3.63, 3.8) is 0 Å². The van der Waals surface area contributed by atoms with Crippen LogP contribution in [-0.4, -0.2) is 5.91 Å². The number of nitrogen functional groups attached to an aromatic ring is 1. The number of amides is 1. The fourth-order valence-electron chi connectivity index (χ4n) is 1.55. The molecule has 0 radical (unpaired) electrons. The first-order valence-corrected chi connectivity index (χ1v) is 7.05. The molecule has 0 atom stereocenters. The summed E-state index contributed by atoms with van der Waals surface area (Å²) in [7, 11) is 0. The number of hydrogen-bond donors (Lipinski definition) is 2. The highest BCUT2D eigenvalue weighted by Gasteiger charge is 2.17. The Morgan fingerprint density at radius 2 is 1.81 bits per heavy atom. The maximum absolute atomic E-state index is 13.6. The first-order chi connectivity index (χ1) is 9.81. The van der Waals surface area contributed by atoms with E-state index >= 15 is 0 Å². The summed E-state index contributed by atoms with van der Waals surface area (Å²) < 4.78 is 27.2. The molecule has 2 aromatic carbocycles. The van der Waals surface area contributed by atoms with E-state index in [-0.39, 0.29) is 21.4 Å². The molecule has 0 spiro atoms. The van der Waals surface area contributed by atoms with Gasteiger partial charge in [-0.1, -0.05) is 23.2 Å². The predicted molar refractivity (Wildman–Crippen MR) is 82.9 cm³/mol. The predicted octanol–water partition coefficient (Wildman–Crippen LogP) is 4.87. The van der Waals surface area contributed by atoms with Crippen LogP contribution in [0.2, 0.25) is 10.0 Å². The van der Waals surface area contributed by atoms with Crippen molar-refractivity contribution in [2.75, 3.05) is 11.1 Å². The molecule has 8 heteroatoms. The van der Waals surface area contributed by atoms with Gasteiger partial charge >= 0.3 is 0 Å². The second kappa shape index (κ2) is 6.17. The number of nitrogens with one attached hydrogen (secondary N) is 1. The fourth-order valence-corrected chi connectivity index (χ4v) is 2.37. The Hall–Kier alpha value is -1.37. The van der Waals surface area contributed by atoms with Gasteiger partial charge in [0.15, 0.2) is 0 Å². The van der Waals surface area contributed by atoms with Gasteiger partial charge in [0.25, 0.3) is 5.91 Å². The molecule has 0 aliphatic heterocycles. The molecule has 21 heavy (non-hydrogen) atoms. The summed E-state index contributed by atoms with van der Waals surface area (Å²) in [5.41, 5.74) is 4.78. The van der Waals surface area contributed by atoms with Crippen LogP contribution in [0.4, 0.5) is 20.2 Å². The van der Waals surface area contributed by atoms with E-state index in [4.69, 9.17) is 28.9 Å². The fraction of sp³-hybridized carbons (Fsp3) is 0. The highest BCUT2D eigenvalue weighted by Crippen LogP contribution is 2.36. The van der Waals surface area contributed by atoms with E-state index in [0.717, 1.165) is 6.07 Å². The number of anilines is 2. The van der Waals surface area contributed by atoms with Gasteiger partial charge in [-0.3, -0.25) is 4.79 Å². The summed E-state index contributed by atoms with van der Waals surface area (Å²) in [4.78, 5) is 12.0. The van der Waals surface area contributed by atoms with Crippen LogP contribution in [0.1, 0.15) is 10.4 Å². The molecule has 110 valence electrons. The molecule has 0 saturated heterocycles. The largest absolute Gasteiger partial charge is 0.396 e. The first kappa shape index (κ1) is 16.0. The lowest BCUT2D eigenvalue weighted by Gasteiger charge is -2.10. The zero-order valence-corrected chi connectivity index (χ0v) is 13.3. The minimum atomic E-state index is -1.03. The second-order valence-electron chi connectivity index (χ2n) is 4.03. The summed E-state index contributed by atoms with van der Waals surface area (Å²) in [6.07, 6.45) is 0. The molecule has 0 heterocycles. The van der Waals surface area contributed by atoms with Gasteiger partial charge in [0.05, 0.1) is 27.0 Å². The minimum absolute atomic E-state index is 0.0925.